The minimum atomic E-state index is -3.80. The molecule has 1 atom stereocenters. The van der Waals surface area contributed by atoms with Crippen molar-refractivity contribution < 1.29 is 27.5 Å². The number of nitrogens with one attached hydrogen (secondary N) is 1. The first-order chi connectivity index (χ1) is 16.4. The summed E-state index contributed by atoms with van der Waals surface area (Å²) in [5.74, 6) is -0.211. The third kappa shape index (κ3) is 5.24. The summed E-state index contributed by atoms with van der Waals surface area (Å²) < 4.78 is 38.4. The van der Waals surface area contributed by atoms with E-state index in [1.54, 1.807) is 29.2 Å². The summed E-state index contributed by atoms with van der Waals surface area (Å²) in [6.45, 7) is 1.68. The van der Waals surface area contributed by atoms with Crippen LogP contribution in [0.5, 0.6) is 5.75 Å². The van der Waals surface area contributed by atoms with Crippen LogP contribution in [0, 0.1) is 0 Å². The van der Waals surface area contributed by atoms with Gasteiger partial charge in [-0.05, 0) is 42.7 Å². The molecule has 0 spiro atoms. The van der Waals surface area contributed by atoms with E-state index in [2.05, 4.69) is 5.32 Å². The maximum atomic E-state index is 13.2. The number of benzene rings is 2. The number of carbonyl (C=O) groups is 2. The summed E-state index contributed by atoms with van der Waals surface area (Å²) in [5.41, 5.74) is 1.23. The van der Waals surface area contributed by atoms with Crippen LogP contribution in [0.15, 0.2) is 53.4 Å². The number of methoxy groups -OCH3 is 1. The normalized spacial score (nSPS) is 19.1. The third-order valence-corrected chi connectivity index (χ3v) is 8.01. The fourth-order valence-corrected chi connectivity index (χ4v) is 5.93. The molecule has 2 aliphatic heterocycles. The van der Waals surface area contributed by atoms with Gasteiger partial charge in [-0.2, -0.15) is 4.31 Å². The number of hydrogen-bond acceptors (Lipinski definition) is 6. The number of hydrogen-bond donors (Lipinski definition) is 1. The van der Waals surface area contributed by atoms with Crippen LogP contribution in [0.4, 0.5) is 5.69 Å². The Hall–Kier alpha value is -2.95. The predicted molar refractivity (Wildman–Crippen MR) is 126 cm³/mol. The van der Waals surface area contributed by atoms with Gasteiger partial charge in [0.15, 0.2) is 0 Å². The van der Waals surface area contributed by atoms with Crippen molar-refractivity contribution in [3.05, 3.63) is 54.1 Å². The van der Waals surface area contributed by atoms with Crippen molar-refractivity contribution in [3.8, 4) is 5.75 Å². The number of morpholine rings is 1. The number of anilines is 1. The maximum absolute atomic E-state index is 13.2. The monoisotopic (exact) mass is 487 g/mol. The second-order valence-electron chi connectivity index (χ2n) is 8.28. The zero-order valence-electron chi connectivity index (χ0n) is 19.1. The average molecular weight is 488 g/mol. The van der Waals surface area contributed by atoms with Gasteiger partial charge in [-0.3, -0.25) is 9.59 Å². The van der Waals surface area contributed by atoms with Crippen LogP contribution in [0.1, 0.15) is 18.4 Å². The lowest BCUT2D eigenvalue weighted by atomic mass is 10.1. The molecule has 2 saturated heterocycles. The van der Waals surface area contributed by atoms with Gasteiger partial charge in [0.2, 0.25) is 21.8 Å². The number of nitrogens with zero attached hydrogens (tertiary/aromatic N) is 2. The smallest absolute Gasteiger partial charge is 0.247 e. The van der Waals surface area contributed by atoms with Crippen LogP contribution in [-0.2, 0) is 30.8 Å². The first kappa shape index (κ1) is 24.2. The van der Waals surface area contributed by atoms with Crippen molar-refractivity contribution in [2.45, 2.75) is 30.2 Å². The molecule has 0 saturated carbocycles. The number of sulfonamides is 1. The van der Waals surface area contributed by atoms with Crippen molar-refractivity contribution in [1.82, 2.24) is 9.21 Å². The fourth-order valence-electron chi connectivity index (χ4n) is 4.32. The molecular weight excluding hydrogens is 458 g/mol. The predicted octanol–water partition coefficient (Wildman–Crippen LogP) is 1.89. The molecule has 34 heavy (non-hydrogen) atoms. The third-order valence-electron chi connectivity index (χ3n) is 6.09. The van der Waals surface area contributed by atoms with Gasteiger partial charge in [0, 0.05) is 25.3 Å². The number of amides is 2. The van der Waals surface area contributed by atoms with Gasteiger partial charge >= 0.3 is 0 Å². The first-order valence-electron chi connectivity index (χ1n) is 11.3. The lowest BCUT2D eigenvalue weighted by molar-refractivity contribution is -0.136. The first-order valence-corrected chi connectivity index (χ1v) is 12.7. The fraction of sp³-hybridized carbons (Fsp3) is 0.417. The summed E-state index contributed by atoms with van der Waals surface area (Å²) in [7, 11) is -2.39. The van der Waals surface area contributed by atoms with E-state index in [9.17, 15) is 18.0 Å². The average Bonchev–Trinajstić information content (AvgIpc) is 3.36. The number of likely N-dealkylation sites (tertiary alicyclic amines) is 1. The molecule has 2 heterocycles. The van der Waals surface area contributed by atoms with Crippen molar-refractivity contribution in [2.75, 3.05) is 45.3 Å². The van der Waals surface area contributed by atoms with Crippen LogP contribution >= 0.6 is 0 Å². The molecule has 2 aliphatic rings. The number of carbonyl (C=O) groups excluding carboxylic acids is 2. The van der Waals surface area contributed by atoms with Crippen LogP contribution in [0.25, 0.3) is 0 Å². The van der Waals surface area contributed by atoms with Crippen molar-refractivity contribution in [1.29, 1.82) is 0 Å². The second-order valence-corrected chi connectivity index (χ2v) is 10.2. The summed E-state index contributed by atoms with van der Waals surface area (Å²) in [4.78, 5) is 27.6. The Kier molecular flexibility index (Phi) is 7.50. The Morgan fingerprint density at radius 2 is 1.82 bits per heavy atom. The molecule has 0 radical (unpaired) electrons. The lowest BCUT2D eigenvalue weighted by Crippen LogP contribution is -2.43. The van der Waals surface area contributed by atoms with Crippen molar-refractivity contribution in [2.24, 2.45) is 0 Å². The zero-order chi connectivity index (χ0) is 24.1. The lowest BCUT2D eigenvalue weighted by Gasteiger charge is -2.27. The Morgan fingerprint density at radius 1 is 1.09 bits per heavy atom. The summed E-state index contributed by atoms with van der Waals surface area (Å²) >= 11 is 0. The summed E-state index contributed by atoms with van der Waals surface area (Å²) in [6, 6.07) is 13.3. The van der Waals surface area contributed by atoms with Crippen LogP contribution in [0.3, 0.4) is 0 Å². The number of para-hydroxylation sites is 1. The van der Waals surface area contributed by atoms with Crippen molar-refractivity contribution >= 4 is 27.5 Å². The standard InChI is InChI=1S/C24H29N3O6S/c1-32-21-10-9-18(16-22(21)34(30,31)26-12-14-33-15-13-26)17-23(28)27-11-5-8-20(27)24(29)25-19-6-3-2-4-7-19/h2-4,6-7,9-10,16,20H,5,8,11-15,17H2,1H3,(H,25,29). The molecule has 2 aromatic carbocycles. The second kappa shape index (κ2) is 10.5. The minimum Gasteiger partial charge on any atom is -0.495 e. The molecule has 2 aromatic rings. The molecule has 0 aromatic heterocycles. The van der Waals surface area contributed by atoms with E-state index in [0.29, 0.717) is 37.4 Å². The zero-order valence-corrected chi connectivity index (χ0v) is 19.9. The van der Waals surface area contributed by atoms with E-state index in [1.165, 1.54) is 17.5 Å². The molecule has 9 nitrogen and oxygen atoms in total. The number of ether oxygens (including phenoxy) is 2. The Balaban J connectivity index is 1.50. The van der Waals surface area contributed by atoms with E-state index in [0.717, 1.165) is 6.42 Å². The van der Waals surface area contributed by atoms with Gasteiger partial charge in [0.25, 0.3) is 0 Å². The Morgan fingerprint density at radius 3 is 2.53 bits per heavy atom. The van der Waals surface area contributed by atoms with Crippen molar-refractivity contribution in [3.63, 3.8) is 0 Å². The largest absolute Gasteiger partial charge is 0.495 e. The molecule has 10 heteroatoms. The van der Waals surface area contributed by atoms with Gasteiger partial charge in [-0.15, -0.1) is 0 Å². The van der Waals surface area contributed by atoms with Gasteiger partial charge < -0.3 is 19.7 Å². The molecule has 1 N–H and O–H groups in total. The SMILES string of the molecule is COc1ccc(CC(=O)N2CCCC2C(=O)Nc2ccccc2)cc1S(=O)(=O)N1CCOCC1. The van der Waals surface area contributed by atoms with E-state index in [4.69, 9.17) is 9.47 Å². The highest BCUT2D eigenvalue weighted by atomic mass is 32.2. The summed E-state index contributed by atoms with van der Waals surface area (Å²) in [6.07, 6.45) is 1.31. The highest BCUT2D eigenvalue weighted by Gasteiger charge is 2.34. The van der Waals surface area contributed by atoms with Gasteiger partial charge in [-0.1, -0.05) is 24.3 Å². The Bertz CT molecular complexity index is 1130. The molecule has 2 fully saturated rings. The highest BCUT2D eigenvalue weighted by Crippen LogP contribution is 2.29. The maximum Gasteiger partial charge on any atom is 0.247 e. The summed E-state index contributed by atoms with van der Waals surface area (Å²) in [5, 5.41) is 2.87. The topological polar surface area (TPSA) is 105 Å². The minimum absolute atomic E-state index is 0.00918. The van der Waals surface area contributed by atoms with Gasteiger partial charge in [-0.25, -0.2) is 8.42 Å². The van der Waals surface area contributed by atoms with E-state index >= 15 is 0 Å². The van der Waals surface area contributed by atoms with E-state index in [1.807, 2.05) is 18.2 Å². The van der Waals surface area contributed by atoms with E-state index in [-0.39, 0.29) is 42.0 Å². The molecular formula is C24H29N3O6S. The quantitative estimate of drug-likeness (QED) is 0.640. The molecule has 2 amide bonds. The Labute approximate surface area is 199 Å². The molecule has 182 valence electrons. The van der Waals surface area contributed by atoms with Gasteiger partial charge in [0.1, 0.15) is 16.7 Å². The molecule has 4 rings (SSSR count). The van der Waals surface area contributed by atoms with Crippen LogP contribution in [0.2, 0.25) is 0 Å². The molecule has 0 bridgehead atoms. The molecule has 1 unspecified atom stereocenters. The highest BCUT2D eigenvalue weighted by molar-refractivity contribution is 7.89. The van der Waals surface area contributed by atoms with Crippen LogP contribution < -0.4 is 10.1 Å². The van der Waals surface area contributed by atoms with Crippen LogP contribution in [-0.4, -0.2) is 75.4 Å². The number of rotatable bonds is 7. The molecule has 0 aliphatic carbocycles. The van der Waals surface area contributed by atoms with E-state index < -0.39 is 16.1 Å². The van der Waals surface area contributed by atoms with Gasteiger partial charge in [0.05, 0.1) is 26.7 Å².